The summed E-state index contributed by atoms with van der Waals surface area (Å²) in [5.41, 5.74) is 1.08. The minimum absolute atomic E-state index is 0.232. The van der Waals surface area contributed by atoms with Crippen LogP contribution in [0.1, 0.15) is 48.8 Å². The van der Waals surface area contributed by atoms with Crippen molar-refractivity contribution in [2.75, 3.05) is 12.4 Å². The molecular weight excluding hydrogens is 683 g/mol. The number of aromatic nitrogens is 7. The van der Waals surface area contributed by atoms with E-state index in [2.05, 4.69) is 42.8 Å². The van der Waals surface area contributed by atoms with Gasteiger partial charge in [0.15, 0.2) is 17.0 Å². The van der Waals surface area contributed by atoms with Gasteiger partial charge in [-0.05, 0) is 61.4 Å². The number of anilines is 1. The molecule has 0 radical (unpaired) electrons. The molecule has 2 fully saturated rings. The fourth-order valence-corrected chi connectivity index (χ4v) is 7.13. The van der Waals surface area contributed by atoms with Gasteiger partial charge in [0.2, 0.25) is 17.5 Å². The monoisotopic (exact) mass is 714 g/mol. The van der Waals surface area contributed by atoms with E-state index in [0.717, 1.165) is 30.5 Å². The van der Waals surface area contributed by atoms with Crippen LogP contribution in [0.15, 0.2) is 55.0 Å². The van der Waals surface area contributed by atoms with Crippen molar-refractivity contribution in [2.24, 2.45) is 11.3 Å². The number of rotatable bonds is 11. The van der Waals surface area contributed by atoms with Crippen molar-refractivity contribution in [1.82, 2.24) is 39.8 Å². The number of imidazole rings is 1. The van der Waals surface area contributed by atoms with Crippen LogP contribution in [0.3, 0.4) is 0 Å². The summed E-state index contributed by atoms with van der Waals surface area (Å²) in [5, 5.41) is 47.8. The average Bonchev–Trinajstić information content (AvgIpc) is 3.34. The second-order valence-corrected chi connectivity index (χ2v) is 13.1. The van der Waals surface area contributed by atoms with Gasteiger partial charge in [0.25, 0.3) is 0 Å². The molecule has 2 aliphatic carbocycles. The summed E-state index contributed by atoms with van der Waals surface area (Å²) in [6.45, 7) is 0.391. The maximum absolute atomic E-state index is 13.7. The lowest BCUT2D eigenvalue weighted by molar-refractivity contribution is -0.387. The number of carbonyl (C=O) groups is 1. The molecule has 0 spiro atoms. The normalized spacial score (nSPS) is 21.9. The molecule has 15 nitrogen and oxygen atoms in total. The van der Waals surface area contributed by atoms with Gasteiger partial charge in [0.05, 0.1) is 46.4 Å². The van der Waals surface area contributed by atoms with Crippen LogP contribution in [0.5, 0.6) is 0 Å². The number of carbonyl (C=O) groups excluding carboxylic acids is 1. The second-order valence-electron chi connectivity index (χ2n) is 12.6. The number of unbranched alkanes of at least 4 members (excludes halogenated alkanes) is 2. The maximum atomic E-state index is 13.7. The fraction of sp³-hybridized carbons (Fsp3) is 0.353. The molecular formula is C34H32ClFN10O5. The van der Waals surface area contributed by atoms with Gasteiger partial charge in [-0.2, -0.15) is 4.39 Å². The third kappa shape index (κ3) is 6.35. The molecule has 4 N–H and O–H groups in total. The number of halogens is 2. The van der Waals surface area contributed by atoms with Crippen LogP contribution in [0, 0.1) is 39.1 Å². The number of hydrogen-bond donors (Lipinski definition) is 4. The molecule has 5 aromatic rings. The molecule has 51 heavy (non-hydrogen) atoms. The standard InChI is InChI=1S/C34H32ClFN10O5/c1-37-33(49)34-15-23(34)28(29(47)30(34)48)44-18-39-27-31(38-16-19-7-6-8-20(35)13-19)40-26(41-32(27)44)10-5-3-2-4-9-21-17-45(43-42-21)22-11-12-24(36)25(14-22)46(50)51/h6-8,11-14,17-18,23,28-30,47-48H,2-4,9,15-16H2,1H3,(H,37,49)(H,38,40,41)/t23-,28+,29-,30-,34+/m0/s1. The Kier molecular flexibility index (Phi) is 9.10. The number of aryl methyl sites for hydroxylation is 1. The number of aliphatic hydroxyl groups excluding tert-OH is 2. The topological polar surface area (TPSA) is 199 Å². The van der Waals surface area contributed by atoms with Crippen LogP contribution >= 0.6 is 11.6 Å². The lowest BCUT2D eigenvalue weighted by Gasteiger charge is -2.23. The zero-order valence-corrected chi connectivity index (χ0v) is 28.0. The van der Waals surface area contributed by atoms with Gasteiger partial charge in [-0.15, -0.1) is 5.10 Å². The summed E-state index contributed by atoms with van der Waals surface area (Å²) >= 11 is 6.18. The summed E-state index contributed by atoms with van der Waals surface area (Å²) < 4.78 is 16.8. The van der Waals surface area contributed by atoms with Gasteiger partial charge in [0, 0.05) is 37.0 Å². The van der Waals surface area contributed by atoms with Crippen molar-refractivity contribution in [1.29, 1.82) is 0 Å². The molecule has 7 rings (SSSR count). The summed E-state index contributed by atoms with van der Waals surface area (Å²) in [5.74, 6) is 5.30. The van der Waals surface area contributed by atoms with E-state index >= 15 is 0 Å². The van der Waals surface area contributed by atoms with Crippen LogP contribution < -0.4 is 10.6 Å². The lowest BCUT2D eigenvalue weighted by atomic mass is 9.98. The van der Waals surface area contributed by atoms with Crippen molar-refractivity contribution in [2.45, 2.75) is 56.9 Å². The average molecular weight is 715 g/mol. The van der Waals surface area contributed by atoms with E-state index in [1.807, 2.05) is 18.2 Å². The molecule has 0 saturated heterocycles. The highest BCUT2D eigenvalue weighted by atomic mass is 35.5. The highest BCUT2D eigenvalue weighted by molar-refractivity contribution is 6.30. The molecule has 0 aliphatic heterocycles. The summed E-state index contributed by atoms with van der Waals surface area (Å²) in [4.78, 5) is 37.0. The van der Waals surface area contributed by atoms with Crippen molar-refractivity contribution < 1.29 is 24.3 Å². The van der Waals surface area contributed by atoms with Gasteiger partial charge in [0.1, 0.15) is 6.10 Å². The number of hydrogen-bond acceptors (Lipinski definition) is 11. The van der Waals surface area contributed by atoms with Gasteiger partial charge in [-0.1, -0.05) is 34.9 Å². The molecule has 2 aliphatic rings. The first-order chi connectivity index (χ1) is 24.6. The number of benzene rings is 2. The van der Waals surface area contributed by atoms with E-state index in [1.54, 1.807) is 23.2 Å². The first kappa shape index (κ1) is 34.0. The minimum atomic E-state index is -1.24. The Bertz CT molecular complexity index is 2220. The van der Waals surface area contributed by atoms with Gasteiger partial charge < -0.3 is 25.4 Å². The molecule has 1 amide bonds. The molecule has 3 aromatic heterocycles. The van der Waals surface area contributed by atoms with Gasteiger partial charge in [-0.25, -0.2) is 19.6 Å². The van der Waals surface area contributed by atoms with Crippen molar-refractivity contribution in [3.63, 3.8) is 0 Å². The minimum Gasteiger partial charge on any atom is -0.389 e. The zero-order chi connectivity index (χ0) is 35.9. The van der Waals surface area contributed by atoms with E-state index < -0.39 is 40.1 Å². The third-order valence-corrected chi connectivity index (χ3v) is 9.77. The SMILES string of the molecule is CNC(=O)[C@]12C[C@H]1[C@@H](n1cnc3c(NCc4cccc(Cl)c4)nc(C#CCCCCc4cn(-c5ccc(F)c([N+](=O)[O-])c5)nn4)nc31)[C@H](O)[C@@H]2O. The van der Waals surface area contributed by atoms with E-state index in [-0.39, 0.29) is 17.6 Å². The number of amides is 1. The molecule has 2 saturated carbocycles. The molecule has 5 atom stereocenters. The molecule has 0 bridgehead atoms. The van der Waals surface area contributed by atoms with Crippen molar-refractivity contribution in [3.8, 4) is 17.5 Å². The van der Waals surface area contributed by atoms with E-state index in [4.69, 9.17) is 16.6 Å². The zero-order valence-electron chi connectivity index (χ0n) is 27.2. The lowest BCUT2D eigenvalue weighted by Crippen LogP contribution is -2.41. The molecule has 262 valence electrons. The number of nitro benzene ring substituents is 1. The Morgan fingerprint density at radius 1 is 1.22 bits per heavy atom. The van der Waals surface area contributed by atoms with E-state index in [1.165, 1.54) is 17.8 Å². The first-order valence-electron chi connectivity index (χ1n) is 16.3. The Morgan fingerprint density at radius 3 is 2.84 bits per heavy atom. The van der Waals surface area contributed by atoms with Crippen LogP contribution in [0.2, 0.25) is 5.02 Å². The molecule has 0 unspecified atom stereocenters. The third-order valence-electron chi connectivity index (χ3n) is 9.53. The van der Waals surface area contributed by atoms with E-state index in [9.17, 15) is 29.5 Å². The molecule has 2 aromatic carbocycles. The summed E-state index contributed by atoms with van der Waals surface area (Å²) in [7, 11) is 1.51. The van der Waals surface area contributed by atoms with Gasteiger partial charge in [-0.3, -0.25) is 14.9 Å². The Balaban J connectivity index is 1.07. The summed E-state index contributed by atoms with van der Waals surface area (Å²) in [6, 6.07) is 10.3. The quantitative estimate of drug-likeness (QED) is 0.0676. The fourth-order valence-electron chi connectivity index (χ4n) is 6.92. The number of nitrogens with zero attached hydrogens (tertiary/aromatic N) is 8. The molecule has 17 heteroatoms. The van der Waals surface area contributed by atoms with Crippen molar-refractivity contribution >= 4 is 40.2 Å². The van der Waals surface area contributed by atoms with Crippen LogP contribution in [-0.4, -0.2) is 74.8 Å². The number of aliphatic hydroxyl groups is 2. The number of nitro groups is 1. The predicted octanol–water partition coefficient (Wildman–Crippen LogP) is 3.51. The van der Waals surface area contributed by atoms with E-state index in [0.29, 0.717) is 59.2 Å². The Morgan fingerprint density at radius 2 is 2.06 bits per heavy atom. The Hall–Kier alpha value is -5.50. The number of fused-ring (bicyclic) bond motifs is 2. The smallest absolute Gasteiger partial charge is 0.306 e. The predicted molar refractivity (Wildman–Crippen MR) is 182 cm³/mol. The summed E-state index contributed by atoms with van der Waals surface area (Å²) in [6.07, 6.45) is 3.73. The number of nitrogens with one attached hydrogen (secondary N) is 2. The highest BCUT2D eigenvalue weighted by Crippen LogP contribution is 2.67. The largest absolute Gasteiger partial charge is 0.389 e. The molecule has 3 heterocycles. The second kappa shape index (κ2) is 13.7. The van der Waals surface area contributed by atoms with Gasteiger partial charge >= 0.3 is 5.69 Å². The first-order valence-corrected chi connectivity index (χ1v) is 16.6. The van der Waals surface area contributed by atoms with Crippen LogP contribution in [0.25, 0.3) is 16.9 Å². The van der Waals surface area contributed by atoms with Crippen molar-refractivity contribution in [3.05, 3.63) is 93.0 Å². The Labute approximate surface area is 295 Å². The van der Waals surface area contributed by atoms with Crippen LogP contribution in [-0.2, 0) is 17.8 Å². The van der Waals surface area contributed by atoms with Crippen LogP contribution in [0.4, 0.5) is 15.9 Å². The maximum Gasteiger partial charge on any atom is 0.306 e. The highest BCUT2D eigenvalue weighted by Gasteiger charge is 2.75.